The van der Waals surface area contributed by atoms with Gasteiger partial charge in [0.2, 0.25) is 5.95 Å². The summed E-state index contributed by atoms with van der Waals surface area (Å²) in [7, 11) is 0. The van der Waals surface area contributed by atoms with Crippen molar-refractivity contribution in [3.05, 3.63) is 17.5 Å². The second-order valence-corrected chi connectivity index (χ2v) is 5.35. The van der Waals surface area contributed by atoms with E-state index in [1.54, 1.807) is 0 Å². The first-order chi connectivity index (χ1) is 9.13. The van der Waals surface area contributed by atoms with Crippen LogP contribution in [-0.4, -0.2) is 52.3 Å². The fourth-order valence-electron chi connectivity index (χ4n) is 2.54. The van der Waals surface area contributed by atoms with Gasteiger partial charge in [0.05, 0.1) is 6.10 Å². The Balaban J connectivity index is 1.68. The molecule has 2 heterocycles. The lowest BCUT2D eigenvalue weighted by molar-refractivity contribution is 0.0706. The van der Waals surface area contributed by atoms with Crippen LogP contribution in [0.1, 0.15) is 30.7 Å². The summed E-state index contributed by atoms with van der Waals surface area (Å²) in [5.74, 6) is 0.719. The predicted octanol–water partition coefficient (Wildman–Crippen LogP) is 1.35. The molecule has 1 aromatic rings. The fourth-order valence-corrected chi connectivity index (χ4v) is 2.54. The van der Waals surface area contributed by atoms with Gasteiger partial charge in [0.25, 0.3) is 0 Å². The SMILES string of the molecule is Cc1cc(C)nc(NCCCN2CCC[C@H](O)C2)n1. The molecule has 0 bridgehead atoms. The van der Waals surface area contributed by atoms with Crippen molar-refractivity contribution < 1.29 is 5.11 Å². The van der Waals surface area contributed by atoms with Crippen molar-refractivity contribution in [3.63, 3.8) is 0 Å². The molecule has 0 unspecified atom stereocenters. The summed E-state index contributed by atoms with van der Waals surface area (Å²) in [6.07, 6.45) is 2.97. The number of nitrogens with one attached hydrogen (secondary N) is 1. The number of hydrogen-bond donors (Lipinski definition) is 2. The van der Waals surface area contributed by atoms with Crippen molar-refractivity contribution >= 4 is 5.95 Å². The van der Waals surface area contributed by atoms with Crippen LogP contribution in [0.15, 0.2) is 6.07 Å². The summed E-state index contributed by atoms with van der Waals surface area (Å²) >= 11 is 0. The number of nitrogens with zero attached hydrogens (tertiary/aromatic N) is 3. The Kier molecular flexibility index (Phi) is 5.10. The Morgan fingerprint density at radius 3 is 2.79 bits per heavy atom. The highest BCUT2D eigenvalue weighted by atomic mass is 16.3. The van der Waals surface area contributed by atoms with Gasteiger partial charge in [-0.25, -0.2) is 9.97 Å². The molecule has 1 fully saturated rings. The molecule has 0 aliphatic carbocycles. The highest BCUT2D eigenvalue weighted by Crippen LogP contribution is 2.10. The third kappa shape index (κ3) is 4.76. The molecule has 106 valence electrons. The summed E-state index contributed by atoms with van der Waals surface area (Å²) in [6.45, 7) is 7.78. The second-order valence-electron chi connectivity index (χ2n) is 5.35. The van der Waals surface area contributed by atoms with Gasteiger partial charge in [-0.15, -0.1) is 0 Å². The maximum absolute atomic E-state index is 9.60. The minimum Gasteiger partial charge on any atom is -0.392 e. The minimum atomic E-state index is -0.135. The number of hydrogen-bond acceptors (Lipinski definition) is 5. The highest BCUT2D eigenvalue weighted by Gasteiger charge is 2.16. The molecule has 1 aliphatic rings. The average Bonchev–Trinajstić information content (AvgIpc) is 2.34. The van der Waals surface area contributed by atoms with Gasteiger partial charge >= 0.3 is 0 Å². The Morgan fingerprint density at radius 1 is 1.37 bits per heavy atom. The molecule has 2 N–H and O–H groups in total. The van der Waals surface area contributed by atoms with Crippen molar-refractivity contribution in [3.8, 4) is 0 Å². The second kappa shape index (κ2) is 6.82. The first kappa shape index (κ1) is 14.2. The van der Waals surface area contributed by atoms with Gasteiger partial charge in [0.15, 0.2) is 0 Å². The summed E-state index contributed by atoms with van der Waals surface area (Å²) in [5, 5.41) is 12.9. The number of anilines is 1. The molecule has 19 heavy (non-hydrogen) atoms. The zero-order chi connectivity index (χ0) is 13.7. The molecule has 0 aromatic carbocycles. The molecule has 5 heteroatoms. The standard InChI is InChI=1S/C14H24N4O/c1-11-9-12(2)17-14(16-11)15-6-4-8-18-7-3-5-13(19)10-18/h9,13,19H,3-8,10H2,1-2H3,(H,15,16,17)/t13-/m0/s1. The van der Waals surface area contributed by atoms with E-state index >= 15 is 0 Å². The largest absolute Gasteiger partial charge is 0.392 e. The van der Waals surface area contributed by atoms with Crippen LogP contribution < -0.4 is 5.32 Å². The first-order valence-electron chi connectivity index (χ1n) is 7.10. The molecular weight excluding hydrogens is 240 g/mol. The Labute approximate surface area is 115 Å². The Morgan fingerprint density at radius 2 is 2.11 bits per heavy atom. The van der Waals surface area contributed by atoms with Crippen LogP contribution in [0.25, 0.3) is 0 Å². The van der Waals surface area contributed by atoms with Crippen LogP contribution in [0.5, 0.6) is 0 Å². The van der Waals surface area contributed by atoms with Crippen molar-refractivity contribution in [2.45, 2.75) is 39.2 Å². The van der Waals surface area contributed by atoms with Gasteiger partial charge in [-0.3, -0.25) is 0 Å². The molecule has 1 aromatic heterocycles. The number of aliphatic hydroxyl groups is 1. The summed E-state index contributed by atoms with van der Waals surface area (Å²) < 4.78 is 0. The van der Waals surface area contributed by atoms with Gasteiger partial charge in [-0.2, -0.15) is 0 Å². The number of likely N-dealkylation sites (tertiary alicyclic amines) is 1. The molecule has 1 atom stereocenters. The lowest BCUT2D eigenvalue weighted by atomic mass is 10.1. The van der Waals surface area contributed by atoms with E-state index in [9.17, 15) is 5.11 Å². The van der Waals surface area contributed by atoms with E-state index in [2.05, 4.69) is 20.2 Å². The highest BCUT2D eigenvalue weighted by molar-refractivity contribution is 5.27. The van der Waals surface area contributed by atoms with Crippen molar-refractivity contribution in [1.29, 1.82) is 0 Å². The van der Waals surface area contributed by atoms with Crippen LogP contribution in [0.4, 0.5) is 5.95 Å². The van der Waals surface area contributed by atoms with Crippen molar-refractivity contribution in [2.24, 2.45) is 0 Å². The zero-order valence-corrected chi connectivity index (χ0v) is 11.9. The topological polar surface area (TPSA) is 61.3 Å². The van der Waals surface area contributed by atoms with Gasteiger partial charge in [-0.1, -0.05) is 0 Å². The maximum Gasteiger partial charge on any atom is 0.223 e. The molecule has 0 spiro atoms. The lowest BCUT2D eigenvalue weighted by Gasteiger charge is -2.29. The van der Waals surface area contributed by atoms with E-state index in [0.29, 0.717) is 0 Å². The van der Waals surface area contributed by atoms with Gasteiger partial charge < -0.3 is 15.3 Å². The van der Waals surface area contributed by atoms with E-state index in [4.69, 9.17) is 0 Å². The number of aryl methyl sites for hydroxylation is 2. The van der Waals surface area contributed by atoms with Gasteiger partial charge in [-0.05, 0) is 52.3 Å². The normalized spacial score (nSPS) is 20.5. The first-order valence-corrected chi connectivity index (χ1v) is 7.10. The van der Waals surface area contributed by atoms with Gasteiger partial charge in [0.1, 0.15) is 0 Å². The zero-order valence-electron chi connectivity index (χ0n) is 11.9. The number of rotatable bonds is 5. The number of aliphatic hydroxyl groups excluding tert-OH is 1. The summed E-state index contributed by atoms with van der Waals surface area (Å²) in [4.78, 5) is 11.0. The van der Waals surface area contributed by atoms with E-state index in [1.165, 1.54) is 0 Å². The molecule has 0 amide bonds. The summed E-state index contributed by atoms with van der Waals surface area (Å²) in [6, 6.07) is 1.97. The fraction of sp³-hybridized carbons (Fsp3) is 0.714. The average molecular weight is 264 g/mol. The van der Waals surface area contributed by atoms with E-state index in [-0.39, 0.29) is 6.10 Å². The maximum atomic E-state index is 9.60. The molecule has 2 rings (SSSR count). The van der Waals surface area contributed by atoms with E-state index in [0.717, 1.165) is 62.8 Å². The van der Waals surface area contributed by atoms with Crippen molar-refractivity contribution in [1.82, 2.24) is 14.9 Å². The van der Waals surface area contributed by atoms with Crippen LogP contribution in [0.2, 0.25) is 0 Å². The molecule has 1 saturated heterocycles. The van der Waals surface area contributed by atoms with Crippen LogP contribution in [0.3, 0.4) is 0 Å². The van der Waals surface area contributed by atoms with E-state index < -0.39 is 0 Å². The van der Waals surface area contributed by atoms with Crippen molar-refractivity contribution in [2.75, 3.05) is 31.5 Å². The smallest absolute Gasteiger partial charge is 0.223 e. The third-order valence-corrected chi connectivity index (χ3v) is 3.40. The summed E-state index contributed by atoms with van der Waals surface area (Å²) in [5.41, 5.74) is 1.99. The van der Waals surface area contributed by atoms with Crippen LogP contribution in [-0.2, 0) is 0 Å². The molecule has 0 saturated carbocycles. The number of β-amino-alcohol motifs (C(OH)–C–C–N with tert-alkyl or cyclic N) is 1. The molecule has 0 radical (unpaired) electrons. The number of piperidine rings is 1. The van der Waals surface area contributed by atoms with Crippen LogP contribution >= 0.6 is 0 Å². The lowest BCUT2D eigenvalue weighted by Crippen LogP contribution is -2.39. The quantitative estimate of drug-likeness (QED) is 0.786. The Hall–Kier alpha value is -1.20. The molecule has 5 nitrogen and oxygen atoms in total. The molecule has 1 aliphatic heterocycles. The van der Waals surface area contributed by atoms with Crippen LogP contribution in [0, 0.1) is 13.8 Å². The third-order valence-electron chi connectivity index (χ3n) is 3.40. The monoisotopic (exact) mass is 264 g/mol. The van der Waals surface area contributed by atoms with E-state index in [1.807, 2.05) is 19.9 Å². The molecular formula is C14H24N4O. The number of aromatic nitrogens is 2. The van der Waals surface area contributed by atoms with Gasteiger partial charge in [0, 0.05) is 24.5 Å². The predicted molar refractivity (Wildman–Crippen MR) is 76.3 cm³/mol. The Bertz CT molecular complexity index is 390. The minimum absolute atomic E-state index is 0.135.